The van der Waals surface area contributed by atoms with E-state index in [2.05, 4.69) is 20.4 Å². The summed E-state index contributed by atoms with van der Waals surface area (Å²) in [6, 6.07) is 15.2. The maximum Gasteiger partial charge on any atom is 0.252 e. The third-order valence-electron chi connectivity index (χ3n) is 5.19. The van der Waals surface area contributed by atoms with E-state index in [0.29, 0.717) is 23.0 Å². The number of hydrogen-bond acceptors (Lipinski definition) is 5. The average Bonchev–Trinajstić information content (AvgIpc) is 3.09. The highest BCUT2D eigenvalue weighted by Gasteiger charge is 2.36. The van der Waals surface area contributed by atoms with E-state index in [1.807, 2.05) is 49.4 Å². The summed E-state index contributed by atoms with van der Waals surface area (Å²) in [7, 11) is 0. The molecule has 0 radical (unpaired) electrons. The first kappa shape index (κ1) is 17.2. The molecule has 1 amide bonds. The average molecular weight is 383 g/mol. The fraction of sp³-hybridized carbons (Fsp3) is 0.136. The van der Waals surface area contributed by atoms with Gasteiger partial charge in [0.2, 0.25) is 5.91 Å². The van der Waals surface area contributed by atoms with E-state index in [-0.39, 0.29) is 18.1 Å². The van der Waals surface area contributed by atoms with Crippen molar-refractivity contribution in [3.05, 3.63) is 77.7 Å². The molecule has 7 nitrogen and oxygen atoms in total. The monoisotopic (exact) mass is 383 g/mol. The highest BCUT2D eigenvalue weighted by Crippen LogP contribution is 2.38. The smallest absolute Gasteiger partial charge is 0.252 e. The van der Waals surface area contributed by atoms with Crippen molar-refractivity contribution in [1.82, 2.24) is 19.7 Å². The third kappa shape index (κ3) is 2.87. The van der Waals surface area contributed by atoms with Crippen LogP contribution in [0.15, 0.2) is 60.9 Å². The molecule has 1 aliphatic heterocycles. The van der Waals surface area contributed by atoms with Gasteiger partial charge >= 0.3 is 0 Å². The van der Waals surface area contributed by atoms with Gasteiger partial charge in [0.15, 0.2) is 5.78 Å². The lowest BCUT2D eigenvalue weighted by atomic mass is 9.85. The minimum atomic E-state index is -0.600. The minimum Gasteiger partial charge on any atom is -0.310 e. The molecule has 7 heteroatoms. The topological polar surface area (TPSA) is 89.8 Å². The zero-order chi connectivity index (χ0) is 20.0. The van der Waals surface area contributed by atoms with E-state index >= 15 is 0 Å². The number of Topliss-reactive ketones (excluding diaryl/α,β-unsaturated/α-hetero) is 1. The van der Waals surface area contributed by atoms with Crippen LogP contribution in [0.3, 0.4) is 0 Å². The Kier molecular flexibility index (Phi) is 3.94. The van der Waals surface area contributed by atoms with Crippen LogP contribution in [0.5, 0.6) is 0 Å². The van der Waals surface area contributed by atoms with Crippen LogP contribution in [0.1, 0.15) is 34.0 Å². The molecule has 0 saturated carbocycles. The number of nitrogens with zero attached hydrogens (tertiary/aromatic N) is 4. The van der Waals surface area contributed by atoms with E-state index in [1.54, 1.807) is 18.5 Å². The number of aromatic nitrogens is 4. The number of hydrogen-bond donors (Lipinski definition) is 1. The van der Waals surface area contributed by atoms with E-state index < -0.39 is 5.92 Å². The first-order chi connectivity index (χ1) is 14.1. The molecule has 0 saturated heterocycles. The second-order valence-corrected chi connectivity index (χ2v) is 7.04. The van der Waals surface area contributed by atoms with Gasteiger partial charge in [0.1, 0.15) is 5.82 Å². The molecule has 29 heavy (non-hydrogen) atoms. The molecule has 2 aromatic heterocycles. The van der Waals surface area contributed by atoms with Gasteiger partial charge in [0.05, 0.1) is 11.6 Å². The van der Waals surface area contributed by atoms with Gasteiger partial charge in [-0.3, -0.25) is 9.59 Å². The number of ketones is 1. The molecule has 3 heterocycles. The number of nitrogens with one attached hydrogen (secondary N) is 1. The lowest BCUT2D eigenvalue weighted by Crippen LogP contribution is -2.28. The Morgan fingerprint density at radius 2 is 1.83 bits per heavy atom. The Hall–Kier alpha value is -3.87. The van der Waals surface area contributed by atoms with Crippen LogP contribution in [-0.2, 0) is 4.79 Å². The third-order valence-corrected chi connectivity index (χ3v) is 5.19. The van der Waals surface area contributed by atoms with Gasteiger partial charge in [-0.25, -0.2) is 9.97 Å². The molecule has 0 aliphatic carbocycles. The first-order valence-electron chi connectivity index (χ1n) is 9.31. The summed E-state index contributed by atoms with van der Waals surface area (Å²) in [6.45, 7) is 1.83. The normalized spacial score (nSPS) is 15.8. The van der Waals surface area contributed by atoms with Gasteiger partial charge in [0.25, 0.3) is 5.95 Å². The molecule has 1 N–H and O–H groups in total. The number of anilines is 1. The summed E-state index contributed by atoms with van der Waals surface area (Å²) in [5.41, 5.74) is 1.97. The largest absolute Gasteiger partial charge is 0.310 e. The molecule has 1 unspecified atom stereocenters. The van der Waals surface area contributed by atoms with Crippen molar-refractivity contribution in [1.29, 1.82) is 0 Å². The van der Waals surface area contributed by atoms with Crippen molar-refractivity contribution in [3.8, 4) is 5.95 Å². The van der Waals surface area contributed by atoms with Gasteiger partial charge in [-0.2, -0.15) is 9.78 Å². The van der Waals surface area contributed by atoms with E-state index in [1.165, 1.54) is 4.68 Å². The van der Waals surface area contributed by atoms with Crippen LogP contribution in [0.2, 0.25) is 0 Å². The molecule has 0 bridgehead atoms. The van der Waals surface area contributed by atoms with Crippen LogP contribution >= 0.6 is 0 Å². The van der Waals surface area contributed by atoms with Crippen molar-refractivity contribution < 1.29 is 9.59 Å². The zero-order valence-corrected chi connectivity index (χ0v) is 15.7. The van der Waals surface area contributed by atoms with Crippen LogP contribution in [-0.4, -0.2) is 31.4 Å². The second kappa shape index (κ2) is 6.63. The predicted octanol–water partition coefficient (Wildman–Crippen LogP) is 3.43. The van der Waals surface area contributed by atoms with Crippen molar-refractivity contribution in [3.63, 3.8) is 0 Å². The number of fused-ring (bicyclic) bond motifs is 2. The summed E-state index contributed by atoms with van der Waals surface area (Å²) in [4.78, 5) is 34.3. The number of amides is 1. The highest BCUT2D eigenvalue weighted by molar-refractivity contribution is 6.09. The molecule has 1 aliphatic rings. The summed E-state index contributed by atoms with van der Waals surface area (Å²) >= 11 is 0. The summed E-state index contributed by atoms with van der Waals surface area (Å²) in [5.74, 6) is -0.116. The lowest BCUT2D eigenvalue weighted by Gasteiger charge is -2.23. The summed E-state index contributed by atoms with van der Waals surface area (Å²) in [5, 5.41) is 9.40. The lowest BCUT2D eigenvalue weighted by molar-refractivity contribution is -0.116. The minimum absolute atomic E-state index is 0.0842. The molecular formula is C22H17N5O2. The maximum absolute atomic E-state index is 13.4. The molecule has 2 aromatic carbocycles. The predicted molar refractivity (Wildman–Crippen MR) is 108 cm³/mol. The fourth-order valence-electron chi connectivity index (χ4n) is 3.86. The summed E-state index contributed by atoms with van der Waals surface area (Å²) in [6.07, 6.45) is 3.29. The van der Waals surface area contributed by atoms with E-state index in [4.69, 9.17) is 0 Å². The van der Waals surface area contributed by atoms with Gasteiger partial charge in [-0.05, 0) is 29.8 Å². The van der Waals surface area contributed by atoms with Crippen molar-refractivity contribution in [2.45, 2.75) is 19.3 Å². The molecule has 5 rings (SSSR count). The van der Waals surface area contributed by atoms with E-state index in [0.717, 1.165) is 16.3 Å². The molecule has 0 fully saturated rings. The van der Waals surface area contributed by atoms with Crippen LogP contribution < -0.4 is 5.32 Å². The zero-order valence-electron chi connectivity index (χ0n) is 15.7. The Balaban J connectivity index is 1.61. The number of carbonyl (C=O) groups excluding carboxylic acids is 2. The van der Waals surface area contributed by atoms with Gasteiger partial charge in [-0.1, -0.05) is 36.4 Å². The maximum atomic E-state index is 13.4. The van der Waals surface area contributed by atoms with Crippen LogP contribution in [0.25, 0.3) is 16.7 Å². The van der Waals surface area contributed by atoms with E-state index in [9.17, 15) is 9.59 Å². The SMILES string of the molecule is Cc1nn(-c2ncccn2)c2c1C(C(=O)c1ccc3ccccc3c1)CC(=O)N2. The molecule has 4 aromatic rings. The number of carbonyl (C=O) groups is 2. The van der Waals surface area contributed by atoms with Crippen LogP contribution in [0, 0.1) is 6.92 Å². The quantitative estimate of drug-likeness (QED) is 0.548. The standard InChI is InChI=1S/C22H17N5O2/c1-13-19-17(20(29)16-8-7-14-5-2-3-6-15(14)11-16)12-18(28)25-21(19)27(26-13)22-23-9-4-10-24-22/h2-11,17H,12H2,1H3,(H,25,28). The molecule has 142 valence electrons. The fourth-order valence-corrected chi connectivity index (χ4v) is 3.86. The second-order valence-electron chi connectivity index (χ2n) is 7.04. The molecular weight excluding hydrogens is 366 g/mol. The molecule has 1 atom stereocenters. The Bertz CT molecular complexity index is 1260. The Labute approximate surface area is 166 Å². The number of rotatable bonds is 3. The van der Waals surface area contributed by atoms with Gasteiger partial charge < -0.3 is 5.32 Å². The van der Waals surface area contributed by atoms with Gasteiger partial charge in [-0.15, -0.1) is 0 Å². The molecule has 0 spiro atoms. The Morgan fingerprint density at radius 1 is 1.07 bits per heavy atom. The van der Waals surface area contributed by atoms with Crippen molar-refractivity contribution in [2.24, 2.45) is 0 Å². The summed E-state index contributed by atoms with van der Waals surface area (Å²) < 4.78 is 1.49. The van der Waals surface area contributed by atoms with Crippen LogP contribution in [0.4, 0.5) is 5.82 Å². The number of benzene rings is 2. The Morgan fingerprint density at radius 3 is 2.62 bits per heavy atom. The van der Waals surface area contributed by atoms with Gasteiger partial charge in [0, 0.05) is 29.9 Å². The highest BCUT2D eigenvalue weighted by atomic mass is 16.2. The van der Waals surface area contributed by atoms with Crippen molar-refractivity contribution >= 4 is 28.3 Å². The first-order valence-corrected chi connectivity index (χ1v) is 9.31. The number of aryl methyl sites for hydroxylation is 1. The van der Waals surface area contributed by atoms with Crippen molar-refractivity contribution in [2.75, 3.05) is 5.32 Å².